The van der Waals surface area contributed by atoms with E-state index in [-0.39, 0.29) is 0 Å². The van der Waals surface area contributed by atoms with Crippen LogP contribution in [-0.4, -0.2) is 12.5 Å². The first-order valence-corrected chi connectivity index (χ1v) is 7.82. The highest BCUT2D eigenvalue weighted by molar-refractivity contribution is 7.98. The fourth-order valence-electron chi connectivity index (χ4n) is 1.52. The van der Waals surface area contributed by atoms with Gasteiger partial charge in [0, 0.05) is 21.2 Å². The number of hydrogen-bond acceptors (Lipinski definition) is 3. The van der Waals surface area contributed by atoms with Gasteiger partial charge in [-0.05, 0) is 61.0 Å². The van der Waals surface area contributed by atoms with Gasteiger partial charge in [0.1, 0.15) is 0 Å². The fraction of sp³-hybridized carbons (Fsp3) is 0.143. The van der Waals surface area contributed by atoms with E-state index in [0.717, 1.165) is 11.4 Å². The molecule has 0 radical (unpaired) electrons. The van der Waals surface area contributed by atoms with Crippen molar-refractivity contribution in [2.24, 2.45) is 0 Å². The molecule has 0 aliphatic rings. The van der Waals surface area contributed by atoms with E-state index in [1.165, 1.54) is 9.79 Å². The molecule has 0 saturated heterocycles. The van der Waals surface area contributed by atoms with Crippen molar-refractivity contribution in [3.05, 3.63) is 48.5 Å². The zero-order valence-corrected chi connectivity index (χ0v) is 11.6. The molecule has 0 fully saturated rings. The smallest absolute Gasteiger partial charge is 0.0385 e. The normalized spacial score (nSPS) is 10.2. The van der Waals surface area contributed by atoms with E-state index in [4.69, 9.17) is 0 Å². The van der Waals surface area contributed by atoms with Crippen molar-refractivity contribution < 1.29 is 0 Å². The summed E-state index contributed by atoms with van der Waals surface area (Å²) in [4.78, 5) is 2.57. The first-order chi connectivity index (χ1) is 8.31. The third-order valence-electron chi connectivity index (χ3n) is 2.47. The summed E-state index contributed by atoms with van der Waals surface area (Å²) < 4.78 is 0. The van der Waals surface area contributed by atoms with Crippen LogP contribution in [0.1, 0.15) is 0 Å². The molecule has 0 atom stereocenters. The van der Waals surface area contributed by atoms with Crippen LogP contribution in [0.2, 0.25) is 0 Å². The molecule has 0 heterocycles. The van der Waals surface area contributed by atoms with Crippen LogP contribution in [0.3, 0.4) is 0 Å². The third kappa shape index (κ3) is 3.45. The fourth-order valence-corrected chi connectivity index (χ4v) is 2.33. The molecule has 1 nitrogen and oxygen atoms in total. The summed E-state index contributed by atoms with van der Waals surface area (Å²) in [6, 6.07) is 16.9. The molecule has 0 amide bonds. The summed E-state index contributed by atoms with van der Waals surface area (Å²) in [5, 5.41) is 3.39. The van der Waals surface area contributed by atoms with Gasteiger partial charge >= 0.3 is 0 Å². The lowest BCUT2D eigenvalue weighted by Crippen LogP contribution is -1.89. The van der Waals surface area contributed by atoms with Crippen LogP contribution in [0.4, 0.5) is 11.4 Å². The zero-order valence-electron chi connectivity index (χ0n) is 9.94. The minimum atomic E-state index is 1.12. The lowest BCUT2D eigenvalue weighted by molar-refractivity contribution is 1.42. The first kappa shape index (κ1) is 12.4. The monoisotopic (exact) mass is 261 g/mol. The molecule has 1 N–H and O–H groups in total. The second-order valence-electron chi connectivity index (χ2n) is 3.58. The highest BCUT2D eigenvalue weighted by atomic mass is 32.2. The quantitative estimate of drug-likeness (QED) is 0.788. The Hall–Kier alpha value is -1.06. The van der Waals surface area contributed by atoms with Crippen molar-refractivity contribution in [3.8, 4) is 0 Å². The molecule has 0 spiro atoms. The van der Waals surface area contributed by atoms with E-state index < -0.39 is 0 Å². The Balaban J connectivity index is 2.08. The maximum atomic E-state index is 3.39. The van der Waals surface area contributed by atoms with E-state index in [9.17, 15) is 0 Å². The molecule has 0 aromatic heterocycles. The van der Waals surface area contributed by atoms with Gasteiger partial charge in [0.25, 0.3) is 0 Å². The number of benzene rings is 2. The molecule has 0 saturated carbocycles. The van der Waals surface area contributed by atoms with Gasteiger partial charge in [0.2, 0.25) is 0 Å². The Morgan fingerprint density at radius 3 is 1.29 bits per heavy atom. The molecule has 0 bridgehead atoms. The summed E-state index contributed by atoms with van der Waals surface area (Å²) >= 11 is 3.52. The van der Waals surface area contributed by atoms with Crippen molar-refractivity contribution >= 4 is 34.9 Å². The number of nitrogens with one attached hydrogen (secondary N) is 1. The lowest BCUT2D eigenvalue weighted by atomic mass is 10.3. The van der Waals surface area contributed by atoms with E-state index in [1.807, 2.05) is 0 Å². The largest absolute Gasteiger partial charge is 0.356 e. The molecule has 2 rings (SSSR count). The van der Waals surface area contributed by atoms with Crippen LogP contribution >= 0.6 is 23.5 Å². The van der Waals surface area contributed by atoms with Crippen molar-refractivity contribution in [1.82, 2.24) is 0 Å². The van der Waals surface area contributed by atoms with Gasteiger partial charge in [-0.15, -0.1) is 23.5 Å². The van der Waals surface area contributed by atoms with Crippen LogP contribution in [0.25, 0.3) is 0 Å². The predicted molar refractivity (Wildman–Crippen MR) is 79.7 cm³/mol. The van der Waals surface area contributed by atoms with Gasteiger partial charge < -0.3 is 5.32 Å². The molecule has 88 valence electrons. The summed E-state index contributed by atoms with van der Waals surface area (Å²) in [5.41, 5.74) is 2.25. The molecule has 2 aromatic rings. The number of hydrogen-bond donors (Lipinski definition) is 1. The number of rotatable bonds is 4. The summed E-state index contributed by atoms with van der Waals surface area (Å²) in [6.07, 6.45) is 4.17. The second-order valence-corrected chi connectivity index (χ2v) is 5.34. The van der Waals surface area contributed by atoms with Gasteiger partial charge in [-0.1, -0.05) is 0 Å². The Labute approximate surface area is 111 Å². The van der Waals surface area contributed by atoms with Gasteiger partial charge in [-0.3, -0.25) is 0 Å². The van der Waals surface area contributed by atoms with Crippen LogP contribution < -0.4 is 5.32 Å². The van der Waals surface area contributed by atoms with Crippen molar-refractivity contribution in [1.29, 1.82) is 0 Å². The molecule has 0 unspecified atom stereocenters. The summed E-state index contributed by atoms with van der Waals surface area (Å²) in [5.74, 6) is 0. The lowest BCUT2D eigenvalue weighted by Gasteiger charge is -2.07. The average molecular weight is 261 g/mol. The first-order valence-electron chi connectivity index (χ1n) is 5.37. The Morgan fingerprint density at radius 2 is 1.00 bits per heavy atom. The number of thioether (sulfide) groups is 2. The predicted octanol–water partition coefficient (Wildman–Crippen LogP) is 4.87. The van der Waals surface area contributed by atoms with Crippen LogP contribution in [0.15, 0.2) is 58.3 Å². The van der Waals surface area contributed by atoms with E-state index >= 15 is 0 Å². The molecule has 0 aliphatic heterocycles. The van der Waals surface area contributed by atoms with E-state index in [2.05, 4.69) is 66.4 Å². The SMILES string of the molecule is CSc1ccc(Nc2ccc(SC)cc2)cc1. The zero-order chi connectivity index (χ0) is 12.1. The van der Waals surface area contributed by atoms with Crippen LogP contribution in [-0.2, 0) is 0 Å². The Morgan fingerprint density at radius 1 is 0.647 bits per heavy atom. The molecule has 2 aromatic carbocycles. The molecule has 17 heavy (non-hydrogen) atoms. The van der Waals surface area contributed by atoms with Crippen molar-refractivity contribution in [2.45, 2.75) is 9.79 Å². The third-order valence-corrected chi connectivity index (χ3v) is 3.96. The topological polar surface area (TPSA) is 12.0 Å². The highest BCUT2D eigenvalue weighted by Gasteiger charge is 1.96. The molecular formula is C14H15NS2. The van der Waals surface area contributed by atoms with Crippen LogP contribution in [0, 0.1) is 0 Å². The Kier molecular flexibility index (Phi) is 4.40. The van der Waals surface area contributed by atoms with Gasteiger partial charge in [-0.25, -0.2) is 0 Å². The maximum Gasteiger partial charge on any atom is 0.0385 e. The minimum Gasteiger partial charge on any atom is -0.356 e. The van der Waals surface area contributed by atoms with Gasteiger partial charge in [0.05, 0.1) is 0 Å². The molecule has 0 aliphatic carbocycles. The van der Waals surface area contributed by atoms with Crippen LogP contribution in [0.5, 0.6) is 0 Å². The second kappa shape index (κ2) is 6.03. The average Bonchev–Trinajstić information content (AvgIpc) is 2.40. The standard InChI is InChI=1S/C14H15NS2/c1-16-13-7-3-11(4-8-13)15-12-5-9-14(17-2)10-6-12/h3-10,15H,1-2H3. The van der Waals surface area contributed by atoms with Crippen molar-refractivity contribution in [3.63, 3.8) is 0 Å². The van der Waals surface area contributed by atoms with E-state index in [1.54, 1.807) is 23.5 Å². The minimum absolute atomic E-state index is 1.12. The Bertz CT molecular complexity index is 417. The summed E-state index contributed by atoms with van der Waals surface area (Å²) in [6.45, 7) is 0. The number of anilines is 2. The van der Waals surface area contributed by atoms with Gasteiger partial charge in [0.15, 0.2) is 0 Å². The van der Waals surface area contributed by atoms with E-state index in [0.29, 0.717) is 0 Å². The summed E-state index contributed by atoms with van der Waals surface area (Å²) in [7, 11) is 0. The highest BCUT2D eigenvalue weighted by Crippen LogP contribution is 2.22. The maximum absolute atomic E-state index is 3.39. The van der Waals surface area contributed by atoms with Gasteiger partial charge in [-0.2, -0.15) is 0 Å². The van der Waals surface area contributed by atoms with Crippen molar-refractivity contribution in [2.75, 3.05) is 17.8 Å². The molecular weight excluding hydrogens is 246 g/mol. The molecule has 3 heteroatoms.